The molecule has 0 aliphatic heterocycles. The number of hydrogen-bond acceptors (Lipinski definition) is 1. The number of benzene rings is 1. The fraction of sp³-hybridized carbons (Fsp3) is 0.333. The molecule has 0 saturated heterocycles. The molecule has 1 rings (SSSR count). The van der Waals surface area contributed by atoms with Gasteiger partial charge in [0.1, 0.15) is 0 Å². The Morgan fingerprint density at radius 3 is 2.93 bits per heavy atom. The highest BCUT2D eigenvalue weighted by molar-refractivity contribution is 9.10. The van der Waals surface area contributed by atoms with Crippen LogP contribution in [-0.4, -0.2) is 7.05 Å². The fourth-order valence-corrected chi connectivity index (χ4v) is 2.17. The molecule has 1 atom stereocenters. The predicted octanol–water partition coefficient (Wildman–Crippen LogP) is 3.78. The molecular formula is C12H13BrClN. The van der Waals surface area contributed by atoms with E-state index in [1.54, 1.807) is 0 Å². The highest BCUT2D eigenvalue weighted by atomic mass is 79.9. The third-order valence-corrected chi connectivity index (χ3v) is 3.22. The van der Waals surface area contributed by atoms with Crippen LogP contribution in [0, 0.1) is 12.3 Å². The molecule has 0 aliphatic carbocycles. The first-order chi connectivity index (χ1) is 7.19. The molecule has 0 fully saturated rings. The second-order valence-electron chi connectivity index (χ2n) is 3.25. The van der Waals surface area contributed by atoms with Crippen molar-refractivity contribution < 1.29 is 0 Å². The summed E-state index contributed by atoms with van der Waals surface area (Å²) in [7, 11) is 1.93. The summed E-state index contributed by atoms with van der Waals surface area (Å²) in [6.07, 6.45) is 6.93. The van der Waals surface area contributed by atoms with E-state index in [1.165, 1.54) is 0 Å². The molecule has 1 aromatic carbocycles. The molecule has 1 unspecified atom stereocenters. The Balaban J connectivity index is 2.91. The normalized spacial score (nSPS) is 12.1. The summed E-state index contributed by atoms with van der Waals surface area (Å²) in [5.74, 6) is 2.65. The lowest BCUT2D eigenvalue weighted by Crippen LogP contribution is -2.16. The van der Waals surface area contributed by atoms with Gasteiger partial charge in [0.05, 0.1) is 0 Å². The van der Waals surface area contributed by atoms with Gasteiger partial charge in [-0.25, -0.2) is 0 Å². The minimum absolute atomic E-state index is 0.245. The zero-order valence-electron chi connectivity index (χ0n) is 8.56. The largest absolute Gasteiger partial charge is 0.313 e. The van der Waals surface area contributed by atoms with Gasteiger partial charge in [-0.1, -0.05) is 27.5 Å². The molecule has 0 aromatic heterocycles. The number of terminal acetylenes is 1. The zero-order chi connectivity index (χ0) is 11.3. The molecule has 0 aliphatic rings. The zero-order valence-corrected chi connectivity index (χ0v) is 10.9. The Labute approximate surface area is 104 Å². The average Bonchev–Trinajstić information content (AvgIpc) is 2.24. The van der Waals surface area contributed by atoms with Gasteiger partial charge in [-0.05, 0) is 37.2 Å². The predicted molar refractivity (Wildman–Crippen MR) is 69.0 cm³/mol. The molecule has 1 nitrogen and oxygen atoms in total. The van der Waals surface area contributed by atoms with Crippen LogP contribution in [0.25, 0.3) is 0 Å². The average molecular weight is 287 g/mol. The van der Waals surface area contributed by atoms with E-state index < -0.39 is 0 Å². The van der Waals surface area contributed by atoms with E-state index >= 15 is 0 Å². The highest BCUT2D eigenvalue weighted by Gasteiger charge is 2.12. The molecule has 0 heterocycles. The monoisotopic (exact) mass is 285 g/mol. The Morgan fingerprint density at radius 1 is 1.60 bits per heavy atom. The van der Waals surface area contributed by atoms with Gasteiger partial charge in [-0.2, -0.15) is 0 Å². The van der Waals surface area contributed by atoms with Gasteiger partial charge in [0.25, 0.3) is 0 Å². The molecule has 0 bridgehead atoms. The maximum absolute atomic E-state index is 5.96. The summed E-state index contributed by atoms with van der Waals surface area (Å²) in [6.45, 7) is 0. The lowest BCUT2D eigenvalue weighted by atomic mass is 10.0. The number of hydrogen-bond donors (Lipinski definition) is 1. The van der Waals surface area contributed by atoms with Crippen LogP contribution >= 0.6 is 27.5 Å². The SMILES string of the molecule is C#CCCC(NC)c1cc(Cl)ccc1Br. The van der Waals surface area contributed by atoms with E-state index in [0.717, 1.165) is 27.9 Å². The second kappa shape index (κ2) is 6.17. The van der Waals surface area contributed by atoms with Crippen molar-refractivity contribution in [1.29, 1.82) is 0 Å². The molecule has 80 valence electrons. The molecule has 15 heavy (non-hydrogen) atoms. The first-order valence-electron chi connectivity index (χ1n) is 4.74. The van der Waals surface area contributed by atoms with Crippen LogP contribution < -0.4 is 5.32 Å². The van der Waals surface area contributed by atoms with E-state index in [0.29, 0.717) is 0 Å². The van der Waals surface area contributed by atoms with Crippen LogP contribution in [0.4, 0.5) is 0 Å². The van der Waals surface area contributed by atoms with Crippen molar-refractivity contribution in [3.05, 3.63) is 33.3 Å². The molecule has 0 amide bonds. The van der Waals surface area contributed by atoms with E-state index in [9.17, 15) is 0 Å². The minimum Gasteiger partial charge on any atom is -0.313 e. The summed E-state index contributed by atoms with van der Waals surface area (Å²) >= 11 is 9.48. The number of nitrogens with one attached hydrogen (secondary N) is 1. The van der Waals surface area contributed by atoms with Crippen molar-refractivity contribution in [3.63, 3.8) is 0 Å². The van der Waals surface area contributed by atoms with Crippen molar-refractivity contribution in [2.75, 3.05) is 7.05 Å². The summed E-state index contributed by atoms with van der Waals surface area (Å²) in [5, 5.41) is 3.98. The van der Waals surface area contributed by atoms with Crippen LogP contribution in [0.15, 0.2) is 22.7 Å². The number of halogens is 2. The first kappa shape index (κ1) is 12.6. The van der Waals surface area contributed by atoms with E-state index in [4.69, 9.17) is 18.0 Å². The Hall–Kier alpha value is -0.490. The van der Waals surface area contributed by atoms with E-state index in [-0.39, 0.29) is 6.04 Å². The Morgan fingerprint density at radius 2 is 2.33 bits per heavy atom. The maximum atomic E-state index is 5.96. The minimum atomic E-state index is 0.245. The molecule has 0 spiro atoms. The van der Waals surface area contributed by atoms with Gasteiger partial charge < -0.3 is 5.32 Å². The van der Waals surface area contributed by atoms with Crippen LogP contribution in [0.2, 0.25) is 5.02 Å². The molecule has 0 saturated carbocycles. The number of rotatable bonds is 4. The lowest BCUT2D eigenvalue weighted by Gasteiger charge is -2.17. The van der Waals surface area contributed by atoms with Crippen molar-refractivity contribution in [1.82, 2.24) is 5.32 Å². The molecule has 1 N–H and O–H groups in total. The Bertz CT molecular complexity index is 370. The van der Waals surface area contributed by atoms with Crippen LogP contribution in [0.3, 0.4) is 0 Å². The molecule has 1 aromatic rings. The quantitative estimate of drug-likeness (QED) is 0.831. The summed E-state index contributed by atoms with van der Waals surface area (Å²) < 4.78 is 1.06. The fourth-order valence-electron chi connectivity index (χ4n) is 1.46. The standard InChI is InChI=1S/C12H13BrClN/c1-3-4-5-12(15-2)10-8-9(14)6-7-11(10)13/h1,6-8,12,15H,4-5H2,2H3. The Kier molecular flexibility index (Phi) is 5.17. The first-order valence-corrected chi connectivity index (χ1v) is 5.91. The van der Waals surface area contributed by atoms with Gasteiger partial charge in [0, 0.05) is 22.0 Å². The molecular weight excluding hydrogens is 273 g/mol. The summed E-state index contributed by atoms with van der Waals surface area (Å²) in [4.78, 5) is 0. The van der Waals surface area contributed by atoms with E-state index in [1.807, 2.05) is 25.2 Å². The smallest absolute Gasteiger partial charge is 0.0410 e. The van der Waals surface area contributed by atoms with Gasteiger partial charge in [0.2, 0.25) is 0 Å². The van der Waals surface area contributed by atoms with Crippen molar-refractivity contribution in [3.8, 4) is 12.3 Å². The van der Waals surface area contributed by atoms with Gasteiger partial charge in [-0.3, -0.25) is 0 Å². The summed E-state index contributed by atoms with van der Waals surface area (Å²) in [5.41, 5.74) is 1.15. The third-order valence-electron chi connectivity index (χ3n) is 2.26. The topological polar surface area (TPSA) is 12.0 Å². The third kappa shape index (κ3) is 3.53. The maximum Gasteiger partial charge on any atom is 0.0410 e. The van der Waals surface area contributed by atoms with Crippen molar-refractivity contribution in [2.45, 2.75) is 18.9 Å². The van der Waals surface area contributed by atoms with Crippen LogP contribution in [0.1, 0.15) is 24.4 Å². The van der Waals surface area contributed by atoms with Gasteiger partial charge in [0.15, 0.2) is 0 Å². The second-order valence-corrected chi connectivity index (χ2v) is 4.54. The van der Waals surface area contributed by atoms with Gasteiger partial charge >= 0.3 is 0 Å². The van der Waals surface area contributed by atoms with Crippen LogP contribution in [-0.2, 0) is 0 Å². The van der Waals surface area contributed by atoms with Crippen LogP contribution in [0.5, 0.6) is 0 Å². The van der Waals surface area contributed by atoms with Crippen molar-refractivity contribution >= 4 is 27.5 Å². The van der Waals surface area contributed by atoms with E-state index in [2.05, 4.69) is 27.2 Å². The van der Waals surface area contributed by atoms with Gasteiger partial charge in [-0.15, -0.1) is 12.3 Å². The molecule has 3 heteroatoms. The van der Waals surface area contributed by atoms with Crippen molar-refractivity contribution in [2.24, 2.45) is 0 Å². The lowest BCUT2D eigenvalue weighted by molar-refractivity contribution is 0.556. The molecule has 0 radical (unpaired) electrons. The summed E-state index contributed by atoms with van der Waals surface area (Å²) in [6, 6.07) is 6.03. The highest BCUT2D eigenvalue weighted by Crippen LogP contribution is 2.28.